The summed E-state index contributed by atoms with van der Waals surface area (Å²) in [7, 11) is 0. The van der Waals surface area contributed by atoms with E-state index in [9.17, 15) is 13.6 Å². The fourth-order valence-corrected chi connectivity index (χ4v) is 4.14. The number of benzene rings is 1. The Morgan fingerprint density at radius 3 is 2.93 bits per heavy atom. The van der Waals surface area contributed by atoms with Crippen molar-refractivity contribution in [3.05, 3.63) is 65.8 Å². The predicted octanol–water partition coefficient (Wildman–Crippen LogP) is 4.86. The lowest BCUT2D eigenvalue weighted by Crippen LogP contribution is -2.22. The van der Waals surface area contributed by atoms with Crippen molar-refractivity contribution < 1.29 is 13.6 Å². The van der Waals surface area contributed by atoms with E-state index >= 15 is 0 Å². The number of anilines is 1. The Morgan fingerprint density at radius 1 is 1.25 bits per heavy atom. The second-order valence-electron chi connectivity index (χ2n) is 5.95. The van der Waals surface area contributed by atoms with Gasteiger partial charge in [0, 0.05) is 17.1 Å². The lowest BCUT2D eigenvalue weighted by Gasteiger charge is -2.09. The third-order valence-electron chi connectivity index (χ3n) is 4.01. The average molecular weight is 416 g/mol. The molecule has 1 amide bonds. The van der Waals surface area contributed by atoms with E-state index in [1.54, 1.807) is 18.5 Å². The number of pyridine rings is 1. The molecule has 28 heavy (non-hydrogen) atoms. The SMILES string of the molecule is CC(Sc1ncc2ccccn12)C(=O)Nc1nc(-c2ccc(F)c(F)c2)cs1. The second-order valence-corrected chi connectivity index (χ2v) is 8.12. The maximum Gasteiger partial charge on any atom is 0.239 e. The number of hydrogen-bond donors (Lipinski definition) is 1. The number of thioether (sulfide) groups is 1. The molecule has 0 aliphatic rings. The van der Waals surface area contributed by atoms with Crippen LogP contribution in [0, 0.1) is 11.6 Å². The van der Waals surface area contributed by atoms with Gasteiger partial charge in [0.1, 0.15) is 0 Å². The minimum Gasteiger partial charge on any atom is -0.301 e. The Labute approximate surface area is 167 Å². The lowest BCUT2D eigenvalue weighted by atomic mass is 10.2. The molecule has 9 heteroatoms. The first-order chi connectivity index (χ1) is 13.5. The van der Waals surface area contributed by atoms with Gasteiger partial charge >= 0.3 is 0 Å². The van der Waals surface area contributed by atoms with Crippen LogP contribution >= 0.6 is 23.1 Å². The molecule has 1 atom stereocenters. The average Bonchev–Trinajstić information content (AvgIpc) is 3.31. The van der Waals surface area contributed by atoms with Crippen LogP contribution in [0.1, 0.15) is 6.92 Å². The normalized spacial score (nSPS) is 12.2. The molecule has 1 unspecified atom stereocenters. The van der Waals surface area contributed by atoms with Gasteiger partial charge in [0.25, 0.3) is 0 Å². The molecule has 3 heterocycles. The molecule has 0 fully saturated rings. The molecule has 142 valence electrons. The van der Waals surface area contributed by atoms with Gasteiger partial charge in [-0.3, -0.25) is 9.20 Å². The first kappa shape index (κ1) is 18.6. The minimum atomic E-state index is -0.937. The maximum absolute atomic E-state index is 13.4. The van der Waals surface area contributed by atoms with Gasteiger partial charge in [-0.1, -0.05) is 17.8 Å². The van der Waals surface area contributed by atoms with Gasteiger partial charge in [0.2, 0.25) is 5.91 Å². The molecule has 0 aliphatic carbocycles. The number of hydrogen-bond acceptors (Lipinski definition) is 5. The number of carbonyl (C=O) groups is 1. The highest BCUT2D eigenvalue weighted by atomic mass is 32.2. The molecule has 5 nitrogen and oxygen atoms in total. The van der Waals surface area contributed by atoms with Crippen molar-refractivity contribution >= 4 is 39.7 Å². The topological polar surface area (TPSA) is 59.3 Å². The highest BCUT2D eigenvalue weighted by Gasteiger charge is 2.19. The molecule has 3 aromatic heterocycles. The van der Waals surface area contributed by atoms with E-state index in [2.05, 4.69) is 15.3 Å². The van der Waals surface area contributed by atoms with Crippen molar-refractivity contribution in [2.75, 3.05) is 5.32 Å². The van der Waals surface area contributed by atoms with Crippen LogP contribution in [0.3, 0.4) is 0 Å². The molecule has 0 spiro atoms. The van der Waals surface area contributed by atoms with Gasteiger partial charge in [-0.05, 0) is 37.3 Å². The van der Waals surface area contributed by atoms with Gasteiger partial charge in [0.05, 0.1) is 22.7 Å². The number of nitrogens with zero attached hydrogens (tertiary/aromatic N) is 3. The second kappa shape index (κ2) is 7.69. The van der Waals surface area contributed by atoms with Crippen LogP contribution in [0.2, 0.25) is 0 Å². The number of imidazole rings is 1. The molecule has 4 aromatic rings. The van der Waals surface area contributed by atoms with E-state index in [0.717, 1.165) is 22.8 Å². The van der Waals surface area contributed by atoms with Crippen LogP contribution in [0.4, 0.5) is 13.9 Å². The molecular formula is C19H14F2N4OS2. The van der Waals surface area contributed by atoms with Gasteiger partial charge < -0.3 is 5.32 Å². The Balaban J connectivity index is 1.44. The van der Waals surface area contributed by atoms with Crippen LogP contribution in [-0.2, 0) is 4.79 Å². The number of fused-ring (bicyclic) bond motifs is 1. The molecule has 0 aliphatic heterocycles. The van der Waals surface area contributed by atoms with Crippen LogP contribution in [0.5, 0.6) is 0 Å². The third kappa shape index (κ3) is 3.76. The highest BCUT2D eigenvalue weighted by molar-refractivity contribution is 8.00. The van der Waals surface area contributed by atoms with Gasteiger partial charge in [-0.25, -0.2) is 18.7 Å². The monoisotopic (exact) mass is 416 g/mol. The molecule has 1 N–H and O–H groups in total. The first-order valence-corrected chi connectivity index (χ1v) is 10.1. The summed E-state index contributed by atoms with van der Waals surface area (Å²) in [5.41, 5.74) is 1.87. The maximum atomic E-state index is 13.4. The van der Waals surface area contributed by atoms with E-state index in [1.807, 2.05) is 28.8 Å². The third-order valence-corrected chi connectivity index (χ3v) is 5.84. The summed E-state index contributed by atoms with van der Waals surface area (Å²) in [6.45, 7) is 1.79. The van der Waals surface area contributed by atoms with E-state index in [4.69, 9.17) is 0 Å². The summed E-state index contributed by atoms with van der Waals surface area (Å²) in [6.07, 6.45) is 3.64. The first-order valence-electron chi connectivity index (χ1n) is 8.32. The van der Waals surface area contributed by atoms with Crippen LogP contribution in [0.25, 0.3) is 16.8 Å². The summed E-state index contributed by atoms with van der Waals surface area (Å²) < 4.78 is 28.4. The summed E-state index contributed by atoms with van der Waals surface area (Å²) in [5, 5.41) is 5.16. The van der Waals surface area contributed by atoms with Crippen molar-refractivity contribution in [1.82, 2.24) is 14.4 Å². The minimum absolute atomic E-state index is 0.219. The van der Waals surface area contributed by atoms with Gasteiger partial charge in [-0.15, -0.1) is 11.3 Å². The molecule has 4 rings (SSSR count). The number of nitrogens with one attached hydrogen (secondary N) is 1. The van der Waals surface area contributed by atoms with E-state index in [-0.39, 0.29) is 5.91 Å². The Hall–Kier alpha value is -2.78. The number of aromatic nitrogens is 3. The van der Waals surface area contributed by atoms with Gasteiger partial charge in [-0.2, -0.15) is 0 Å². The van der Waals surface area contributed by atoms with E-state index in [1.165, 1.54) is 29.2 Å². The number of halogens is 2. The zero-order chi connectivity index (χ0) is 19.7. The van der Waals surface area contributed by atoms with Crippen molar-refractivity contribution in [3.8, 4) is 11.3 Å². The van der Waals surface area contributed by atoms with Crippen molar-refractivity contribution in [2.45, 2.75) is 17.3 Å². The fourth-order valence-electron chi connectivity index (χ4n) is 2.54. The molecule has 1 aromatic carbocycles. The zero-order valence-electron chi connectivity index (χ0n) is 14.6. The molecule has 0 saturated heterocycles. The highest BCUT2D eigenvalue weighted by Crippen LogP contribution is 2.28. The molecule has 0 saturated carbocycles. The summed E-state index contributed by atoms with van der Waals surface area (Å²) in [6, 6.07) is 9.35. The fraction of sp³-hybridized carbons (Fsp3) is 0.105. The smallest absolute Gasteiger partial charge is 0.239 e. The number of carbonyl (C=O) groups excluding carboxylic acids is 1. The quantitative estimate of drug-likeness (QED) is 0.472. The molecular weight excluding hydrogens is 402 g/mol. The Bertz CT molecular complexity index is 1160. The summed E-state index contributed by atoms with van der Waals surface area (Å²) in [5.74, 6) is -2.07. The molecule has 0 bridgehead atoms. The number of thiazole rings is 1. The Kier molecular flexibility index (Phi) is 5.10. The van der Waals surface area contributed by atoms with E-state index < -0.39 is 16.9 Å². The lowest BCUT2D eigenvalue weighted by molar-refractivity contribution is -0.115. The number of rotatable bonds is 5. The van der Waals surface area contributed by atoms with Crippen LogP contribution < -0.4 is 5.32 Å². The van der Waals surface area contributed by atoms with E-state index in [0.29, 0.717) is 16.4 Å². The Morgan fingerprint density at radius 2 is 2.11 bits per heavy atom. The van der Waals surface area contributed by atoms with Gasteiger partial charge in [0.15, 0.2) is 21.9 Å². The summed E-state index contributed by atoms with van der Waals surface area (Å²) in [4.78, 5) is 21.1. The molecule has 0 radical (unpaired) electrons. The van der Waals surface area contributed by atoms with Crippen molar-refractivity contribution in [2.24, 2.45) is 0 Å². The largest absolute Gasteiger partial charge is 0.301 e. The van der Waals surface area contributed by atoms with Crippen LogP contribution in [0.15, 0.2) is 59.3 Å². The predicted molar refractivity (Wildman–Crippen MR) is 107 cm³/mol. The van der Waals surface area contributed by atoms with Crippen molar-refractivity contribution in [1.29, 1.82) is 0 Å². The van der Waals surface area contributed by atoms with Crippen LogP contribution in [-0.4, -0.2) is 25.5 Å². The summed E-state index contributed by atoms with van der Waals surface area (Å²) >= 11 is 2.56. The number of amides is 1. The van der Waals surface area contributed by atoms with Crippen molar-refractivity contribution in [3.63, 3.8) is 0 Å². The zero-order valence-corrected chi connectivity index (χ0v) is 16.2. The standard InChI is InChI=1S/C19H14F2N4OS2/c1-11(28-19-22-9-13-4-2-3-7-25(13)19)17(26)24-18-23-16(10-27-18)12-5-6-14(20)15(21)8-12/h2-11H,1H3,(H,23,24,26).